The number of aromatic hydroxyl groups is 1. The van der Waals surface area contributed by atoms with Gasteiger partial charge in [0.25, 0.3) is 0 Å². The molecule has 0 radical (unpaired) electrons. The van der Waals surface area contributed by atoms with Crippen LogP contribution < -0.4 is 5.73 Å². The van der Waals surface area contributed by atoms with E-state index in [1.165, 1.54) is 0 Å². The molecule has 0 bridgehead atoms. The fourth-order valence-electron chi connectivity index (χ4n) is 1.17. The van der Waals surface area contributed by atoms with Gasteiger partial charge in [0, 0.05) is 6.04 Å². The van der Waals surface area contributed by atoms with Gasteiger partial charge in [-0.15, -0.1) is 0 Å². The number of benzene rings is 1. The Bertz CT molecular complexity index is 297. The quantitative estimate of drug-likeness (QED) is 0.639. The van der Waals surface area contributed by atoms with Gasteiger partial charge in [-0.3, -0.25) is 0 Å². The molecule has 1 rings (SSSR count). The van der Waals surface area contributed by atoms with Crippen molar-refractivity contribution in [3.63, 3.8) is 0 Å². The van der Waals surface area contributed by atoms with Crippen molar-refractivity contribution in [2.75, 3.05) is 0 Å². The minimum Gasteiger partial charge on any atom is -0.508 e. The summed E-state index contributed by atoms with van der Waals surface area (Å²) in [4.78, 5) is 0. The Hall–Kier alpha value is -1.06. The van der Waals surface area contributed by atoms with E-state index in [1.807, 2.05) is 0 Å². The van der Waals surface area contributed by atoms with Crippen molar-refractivity contribution in [2.24, 2.45) is 5.73 Å². The van der Waals surface area contributed by atoms with E-state index in [2.05, 4.69) is 0 Å². The van der Waals surface area contributed by atoms with Gasteiger partial charge in [0.1, 0.15) is 5.75 Å². The molecule has 0 spiro atoms. The third-order valence-corrected chi connectivity index (χ3v) is 2.06. The predicted octanol–water partition coefficient (Wildman–Crippen LogP) is 1.08. The highest BCUT2D eigenvalue weighted by atomic mass is 16.3. The van der Waals surface area contributed by atoms with E-state index >= 15 is 0 Å². The zero-order chi connectivity index (χ0) is 10.0. The number of phenolic OH excluding ortho intramolecular Hbond substituents is 1. The molecule has 2 unspecified atom stereocenters. The molecule has 3 nitrogen and oxygen atoms in total. The summed E-state index contributed by atoms with van der Waals surface area (Å²) < 4.78 is 0. The first-order valence-corrected chi connectivity index (χ1v) is 4.25. The second kappa shape index (κ2) is 3.77. The molecule has 2 atom stereocenters. The molecule has 0 saturated heterocycles. The molecule has 0 aromatic heterocycles. The van der Waals surface area contributed by atoms with Crippen LogP contribution in [0.4, 0.5) is 0 Å². The van der Waals surface area contributed by atoms with Gasteiger partial charge in [0.15, 0.2) is 0 Å². The van der Waals surface area contributed by atoms with E-state index in [0.29, 0.717) is 0 Å². The van der Waals surface area contributed by atoms with Crippen LogP contribution in [0.1, 0.15) is 24.2 Å². The van der Waals surface area contributed by atoms with Gasteiger partial charge >= 0.3 is 0 Å². The van der Waals surface area contributed by atoms with Gasteiger partial charge in [0.05, 0.1) is 6.10 Å². The maximum atomic E-state index is 9.61. The number of aliphatic hydroxyl groups excluding tert-OH is 1. The molecular formula is C10H15NO2. The predicted molar refractivity (Wildman–Crippen MR) is 51.5 cm³/mol. The highest BCUT2D eigenvalue weighted by Crippen LogP contribution is 2.22. The number of rotatable bonds is 2. The Balaban J connectivity index is 2.97. The number of phenols is 1. The van der Waals surface area contributed by atoms with E-state index in [0.717, 1.165) is 11.1 Å². The first-order chi connectivity index (χ1) is 6.02. The summed E-state index contributed by atoms with van der Waals surface area (Å²) >= 11 is 0. The van der Waals surface area contributed by atoms with Crippen LogP contribution in [-0.2, 0) is 0 Å². The third-order valence-electron chi connectivity index (χ3n) is 2.06. The molecular weight excluding hydrogens is 166 g/mol. The molecule has 0 heterocycles. The van der Waals surface area contributed by atoms with Crippen molar-refractivity contribution in [3.05, 3.63) is 29.3 Å². The van der Waals surface area contributed by atoms with E-state index in [9.17, 15) is 10.2 Å². The van der Waals surface area contributed by atoms with Crippen LogP contribution >= 0.6 is 0 Å². The second-order valence-corrected chi connectivity index (χ2v) is 3.35. The number of hydrogen-bond donors (Lipinski definition) is 3. The summed E-state index contributed by atoms with van der Waals surface area (Å²) in [6, 6.07) is 4.68. The Morgan fingerprint density at radius 3 is 2.46 bits per heavy atom. The fraction of sp³-hybridized carbons (Fsp3) is 0.400. The van der Waals surface area contributed by atoms with Crippen LogP contribution in [0, 0.1) is 6.92 Å². The summed E-state index contributed by atoms with van der Waals surface area (Å²) in [5.41, 5.74) is 7.03. The molecule has 0 aliphatic carbocycles. The van der Waals surface area contributed by atoms with Gasteiger partial charge in [-0.2, -0.15) is 0 Å². The first-order valence-electron chi connectivity index (χ1n) is 4.25. The largest absolute Gasteiger partial charge is 0.508 e. The summed E-state index contributed by atoms with van der Waals surface area (Å²) in [5.74, 6) is 0.237. The molecule has 1 aromatic rings. The van der Waals surface area contributed by atoms with Crippen LogP contribution in [0.2, 0.25) is 0 Å². The monoisotopic (exact) mass is 181 g/mol. The normalized spacial score (nSPS) is 15.4. The minimum atomic E-state index is -0.667. The average Bonchev–Trinajstić information content (AvgIpc) is 2.08. The zero-order valence-electron chi connectivity index (χ0n) is 7.86. The Morgan fingerprint density at radius 1 is 1.38 bits per heavy atom. The van der Waals surface area contributed by atoms with Gasteiger partial charge < -0.3 is 15.9 Å². The fourth-order valence-corrected chi connectivity index (χ4v) is 1.17. The minimum absolute atomic E-state index is 0.237. The van der Waals surface area contributed by atoms with Crippen molar-refractivity contribution >= 4 is 0 Å². The van der Waals surface area contributed by atoms with Crippen molar-refractivity contribution in [1.82, 2.24) is 0 Å². The summed E-state index contributed by atoms with van der Waals surface area (Å²) in [6.45, 7) is 3.53. The Kier molecular flexibility index (Phi) is 2.90. The highest BCUT2D eigenvalue weighted by Gasteiger charge is 2.12. The zero-order valence-corrected chi connectivity index (χ0v) is 7.86. The number of aliphatic hydroxyl groups is 1. The molecule has 0 fully saturated rings. The molecule has 0 aliphatic rings. The second-order valence-electron chi connectivity index (χ2n) is 3.35. The Morgan fingerprint density at radius 2 is 2.00 bits per heavy atom. The molecule has 0 aliphatic heterocycles. The van der Waals surface area contributed by atoms with Crippen LogP contribution in [-0.4, -0.2) is 16.3 Å². The standard InChI is InChI=1S/C10H15NO2/c1-6-5-8(3-4-9(6)12)10(13)7(2)11/h3-5,7,10,12-13H,11H2,1-2H3. The third kappa shape index (κ3) is 2.20. The van der Waals surface area contributed by atoms with Crippen LogP contribution in [0.15, 0.2) is 18.2 Å². The van der Waals surface area contributed by atoms with Gasteiger partial charge in [-0.1, -0.05) is 6.07 Å². The smallest absolute Gasteiger partial charge is 0.118 e. The number of nitrogens with two attached hydrogens (primary N) is 1. The average molecular weight is 181 g/mol. The molecule has 13 heavy (non-hydrogen) atoms. The molecule has 0 amide bonds. The molecule has 72 valence electrons. The van der Waals surface area contributed by atoms with Crippen LogP contribution in [0.3, 0.4) is 0 Å². The van der Waals surface area contributed by atoms with Crippen LogP contribution in [0.5, 0.6) is 5.75 Å². The molecule has 4 N–H and O–H groups in total. The van der Waals surface area contributed by atoms with Crippen molar-refractivity contribution in [1.29, 1.82) is 0 Å². The maximum absolute atomic E-state index is 9.61. The lowest BCUT2D eigenvalue weighted by molar-refractivity contribution is 0.153. The summed E-state index contributed by atoms with van der Waals surface area (Å²) in [5, 5.41) is 18.9. The van der Waals surface area contributed by atoms with Crippen molar-refractivity contribution in [2.45, 2.75) is 26.0 Å². The van der Waals surface area contributed by atoms with E-state index < -0.39 is 6.10 Å². The van der Waals surface area contributed by atoms with E-state index in [1.54, 1.807) is 32.0 Å². The highest BCUT2D eigenvalue weighted by molar-refractivity contribution is 5.36. The lowest BCUT2D eigenvalue weighted by Crippen LogP contribution is -2.24. The molecule has 0 saturated carbocycles. The van der Waals surface area contributed by atoms with Gasteiger partial charge in [0.2, 0.25) is 0 Å². The first kappa shape index (κ1) is 10.0. The number of aryl methyl sites for hydroxylation is 1. The summed E-state index contributed by atoms with van der Waals surface area (Å²) in [7, 11) is 0. The lowest BCUT2D eigenvalue weighted by atomic mass is 10.0. The van der Waals surface area contributed by atoms with Crippen LogP contribution in [0.25, 0.3) is 0 Å². The maximum Gasteiger partial charge on any atom is 0.118 e. The SMILES string of the molecule is Cc1cc(C(O)C(C)N)ccc1O. The Labute approximate surface area is 77.8 Å². The van der Waals surface area contributed by atoms with E-state index in [-0.39, 0.29) is 11.8 Å². The number of hydrogen-bond acceptors (Lipinski definition) is 3. The van der Waals surface area contributed by atoms with Crippen molar-refractivity contribution in [3.8, 4) is 5.75 Å². The topological polar surface area (TPSA) is 66.5 Å². The van der Waals surface area contributed by atoms with Crippen molar-refractivity contribution < 1.29 is 10.2 Å². The molecule has 1 aromatic carbocycles. The van der Waals surface area contributed by atoms with E-state index in [4.69, 9.17) is 5.73 Å². The summed E-state index contributed by atoms with van der Waals surface area (Å²) in [6.07, 6.45) is -0.667. The lowest BCUT2D eigenvalue weighted by Gasteiger charge is -2.15. The van der Waals surface area contributed by atoms with Gasteiger partial charge in [-0.05, 0) is 37.1 Å². The molecule has 3 heteroatoms. The van der Waals surface area contributed by atoms with Gasteiger partial charge in [-0.25, -0.2) is 0 Å².